The molecule has 2 N–H and O–H groups in total. The van der Waals surface area contributed by atoms with Gasteiger partial charge in [0.15, 0.2) is 0 Å². The molecule has 0 saturated carbocycles. The molecule has 1 heterocycles. The van der Waals surface area contributed by atoms with Gasteiger partial charge in [0.2, 0.25) is 0 Å². The van der Waals surface area contributed by atoms with E-state index >= 15 is 0 Å². The van der Waals surface area contributed by atoms with Crippen LogP contribution in [0.25, 0.3) is 0 Å². The molecule has 1 aliphatic rings. The Hall–Kier alpha value is -1.78. The van der Waals surface area contributed by atoms with Gasteiger partial charge in [0.05, 0.1) is 0 Å². The van der Waals surface area contributed by atoms with Crippen LogP contribution < -0.4 is 10.7 Å². The molecule has 0 aromatic rings. The average molecular weight is 167 g/mol. The fraction of sp³-hybridized carbons (Fsp3) is 0.143. The maximum atomic E-state index is 10.9. The van der Waals surface area contributed by atoms with E-state index in [0.717, 1.165) is 5.01 Å². The van der Waals surface area contributed by atoms with Gasteiger partial charge in [-0.3, -0.25) is 15.0 Å². The Kier molecular flexibility index (Phi) is 2.14. The molecule has 2 amide bonds. The first-order valence-electron chi connectivity index (χ1n) is 3.34. The second-order valence-corrected chi connectivity index (χ2v) is 2.19. The van der Waals surface area contributed by atoms with E-state index in [1.165, 1.54) is 12.2 Å². The Morgan fingerprint density at radius 1 is 1.42 bits per heavy atom. The van der Waals surface area contributed by atoms with Crippen molar-refractivity contribution in [3.05, 3.63) is 24.6 Å². The molecule has 0 aromatic carbocycles. The summed E-state index contributed by atoms with van der Waals surface area (Å²) in [7, 11) is 1.63. The van der Waals surface area contributed by atoms with E-state index in [0.29, 0.717) is 5.82 Å². The normalized spacial score (nSPS) is 15.2. The minimum absolute atomic E-state index is 0.389. The minimum atomic E-state index is -0.392. The fourth-order valence-electron chi connectivity index (χ4n) is 0.701. The van der Waals surface area contributed by atoms with Gasteiger partial charge in [0, 0.05) is 19.2 Å². The second kappa shape index (κ2) is 3.08. The zero-order chi connectivity index (χ0) is 9.14. The Bertz CT molecular complexity index is 252. The lowest BCUT2D eigenvalue weighted by Crippen LogP contribution is -2.44. The number of rotatable bonds is 3. The predicted molar refractivity (Wildman–Crippen MR) is 42.3 cm³/mol. The molecule has 64 valence electrons. The summed E-state index contributed by atoms with van der Waals surface area (Å²) < 4.78 is 0. The standard InChI is InChI=1S/C7H9N3O2/c1-5(8-2)9-10-6(11)3-4-7(10)12/h3-4,8-9H,1H2,2H3. The smallest absolute Gasteiger partial charge is 0.272 e. The van der Waals surface area contributed by atoms with E-state index in [1.54, 1.807) is 7.05 Å². The Morgan fingerprint density at radius 3 is 2.33 bits per heavy atom. The molecular formula is C7H9N3O2. The van der Waals surface area contributed by atoms with E-state index in [4.69, 9.17) is 0 Å². The molecule has 0 atom stereocenters. The van der Waals surface area contributed by atoms with Crippen LogP contribution in [0.3, 0.4) is 0 Å². The number of amides is 2. The summed E-state index contributed by atoms with van der Waals surface area (Å²) in [5.74, 6) is -0.395. The van der Waals surface area contributed by atoms with Gasteiger partial charge in [-0.1, -0.05) is 6.58 Å². The van der Waals surface area contributed by atoms with Crippen molar-refractivity contribution in [3.63, 3.8) is 0 Å². The number of carbonyl (C=O) groups excluding carboxylic acids is 2. The van der Waals surface area contributed by atoms with Crippen molar-refractivity contribution in [2.45, 2.75) is 0 Å². The van der Waals surface area contributed by atoms with E-state index in [2.05, 4.69) is 17.3 Å². The molecule has 0 aliphatic carbocycles. The van der Waals surface area contributed by atoms with Crippen molar-refractivity contribution in [3.8, 4) is 0 Å². The van der Waals surface area contributed by atoms with Crippen LogP contribution in [0.2, 0.25) is 0 Å². The molecule has 1 rings (SSSR count). The second-order valence-electron chi connectivity index (χ2n) is 2.19. The number of imide groups is 1. The first kappa shape index (κ1) is 8.32. The van der Waals surface area contributed by atoms with Gasteiger partial charge in [-0.05, 0) is 0 Å². The van der Waals surface area contributed by atoms with E-state index < -0.39 is 11.8 Å². The minimum Gasteiger partial charge on any atom is -0.374 e. The lowest BCUT2D eigenvalue weighted by Gasteiger charge is -2.17. The molecular weight excluding hydrogens is 158 g/mol. The summed E-state index contributed by atoms with van der Waals surface area (Å²) in [4.78, 5) is 21.8. The van der Waals surface area contributed by atoms with Crippen molar-refractivity contribution >= 4 is 11.8 Å². The maximum Gasteiger partial charge on any atom is 0.272 e. The maximum absolute atomic E-state index is 10.9. The average Bonchev–Trinajstić information content (AvgIpc) is 2.35. The van der Waals surface area contributed by atoms with Gasteiger partial charge in [0.25, 0.3) is 11.8 Å². The molecule has 0 saturated heterocycles. The van der Waals surface area contributed by atoms with E-state index in [9.17, 15) is 9.59 Å². The van der Waals surface area contributed by atoms with Gasteiger partial charge in [0.1, 0.15) is 5.82 Å². The number of nitrogens with one attached hydrogen (secondary N) is 2. The SMILES string of the molecule is C=C(NC)NN1C(=O)C=CC1=O. The highest BCUT2D eigenvalue weighted by atomic mass is 16.2. The quantitative estimate of drug-likeness (QED) is 0.535. The molecule has 0 bridgehead atoms. The highest BCUT2D eigenvalue weighted by molar-refractivity contribution is 6.12. The van der Waals surface area contributed by atoms with Gasteiger partial charge in [-0.2, -0.15) is 5.01 Å². The summed E-state index contributed by atoms with van der Waals surface area (Å²) in [6.07, 6.45) is 2.39. The molecule has 5 heteroatoms. The lowest BCUT2D eigenvalue weighted by molar-refractivity contribution is -0.139. The molecule has 0 aromatic heterocycles. The third kappa shape index (κ3) is 1.45. The largest absolute Gasteiger partial charge is 0.374 e. The first-order valence-corrected chi connectivity index (χ1v) is 3.34. The Morgan fingerprint density at radius 2 is 1.92 bits per heavy atom. The molecule has 0 fully saturated rings. The molecule has 0 radical (unpaired) electrons. The van der Waals surface area contributed by atoms with Crippen LogP contribution >= 0.6 is 0 Å². The van der Waals surface area contributed by atoms with Crippen LogP contribution in [0.4, 0.5) is 0 Å². The highest BCUT2D eigenvalue weighted by Gasteiger charge is 2.23. The summed E-state index contributed by atoms with van der Waals surface area (Å²) in [5, 5.41) is 3.53. The van der Waals surface area contributed by atoms with Crippen LogP contribution in [0, 0.1) is 0 Å². The monoisotopic (exact) mass is 167 g/mol. The molecule has 0 spiro atoms. The van der Waals surface area contributed by atoms with Crippen molar-refractivity contribution in [1.82, 2.24) is 15.8 Å². The molecule has 1 aliphatic heterocycles. The summed E-state index contributed by atoms with van der Waals surface area (Å²) >= 11 is 0. The van der Waals surface area contributed by atoms with Gasteiger partial charge in [-0.25, -0.2) is 0 Å². The molecule has 0 unspecified atom stereocenters. The first-order chi connectivity index (χ1) is 5.65. The zero-order valence-electron chi connectivity index (χ0n) is 6.63. The third-order valence-corrected chi connectivity index (χ3v) is 1.36. The van der Waals surface area contributed by atoms with Gasteiger partial charge in [-0.15, -0.1) is 0 Å². The zero-order valence-corrected chi connectivity index (χ0v) is 6.63. The van der Waals surface area contributed by atoms with Crippen LogP contribution in [-0.4, -0.2) is 23.9 Å². The highest BCUT2D eigenvalue weighted by Crippen LogP contribution is 1.99. The van der Waals surface area contributed by atoms with Crippen LogP contribution in [0.15, 0.2) is 24.6 Å². The van der Waals surface area contributed by atoms with E-state index in [1.807, 2.05) is 0 Å². The van der Waals surface area contributed by atoms with Crippen molar-refractivity contribution in [1.29, 1.82) is 0 Å². The topological polar surface area (TPSA) is 61.4 Å². The number of hydrogen-bond donors (Lipinski definition) is 2. The van der Waals surface area contributed by atoms with Crippen molar-refractivity contribution < 1.29 is 9.59 Å². The summed E-state index contributed by atoms with van der Waals surface area (Å²) in [6.45, 7) is 3.51. The number of hydrazine groups is 1. The predicted octanol–water partition coefficient (Wildman–Crippen LogP) is -0.893. The number of nitrogens with zero attached hydrogens (tertiary/aromatic N) is 1. The fourth-order valence-corrected chi connectivity index (χ4v) is 0.701. The molecule has 5 nitrogen and oxygen atoms in total. The Labute approximate surface area is 69.7 Å². The number of hydrogen-bond acceptors (Lipinski definition) is 4. The van der Waals surface area contributed by atoms with Gasteiger partial charge >= 0.3 is 0 Å². The molecule has 12 heavy (non-hydrogen) atoms. The van der Waals surface area contributed by atoms with Crippen LogP contribution in [0.5, 0.6) is 0 Å². The number of carbonyl (C=O) groups is 2. The lowest BCUT2D eigenvalue weighted by atomic mass is 10.6. The Balaban J connectivity index is 2.59. The van der Waals surface area contributed by atoms with Crippen molar-refractivity contribution in [2.24, 2.45) is 0 Å². The van der Waals surface area contributed by atoms with Gasteiger partial charge < -0.3 is 5.32 Å². The van der Waals surface area contributed by atoms with Crippen LogP contribution in [0.1, 0.15) is 0 Å². The van der Waals surface area contributed by atoms with Crippen LogP contribution in [-0.2, 0) is 9.59 Å². The summed E-state index contributed by atoms with van der Waals surface area (Å²) in [5.41, 5.74) is 2.49. The van der Waals surface area contributed by atoms with E-state index in [-0.39, 0.29) is 0 Å². The third-order valence-electron chi connectivity index (χ3n) is 1.36. The van der Waals surface area contributed by atoms with Crippen molar-refractivity contribution in [2.75, 3.05) is 7.05 Å². The summed E-state index contributed by atoms with van der Waals surface area (Å²) in [6, 6.07) is 0.